The predicted molar refractivity (Wildman–Crippen MR) is 81.0 cm³/mol. The molecule has 0 aliphatic rings. The van der Waals surface area contributed by atoms with Crippen molar-refractivity contribution in [1.82, 2.24) is 29.7 Å². The van der Waals surface area contributed by atoms with E-state index < -0.39 is 0 Å². The van der Waals surface area contributed by atoms with Crippen molar-refractivity contribution in [3.63, 3.8) is 0 Å². The lowest BCUT2D eigenvalue weighted by Gasteiger charge is -2.05. The molecule has 0 atom stereocenters. The van der Waals surface area contributed by atoms with Gasteiger partial charge in [0.05, 0.1) is 10.7 Å². The van der Waals surface area contributed by atoms with E-state index >= 15 is 0 Å². The van der Waals surface area contributed by atoms with Crippen molar-refractivity contribution in [2.45, 2.75) is 13.3 Å². The lowest BCUT2D eigenvalue weighted by Crippen LogP contribution is -2.11. The highest BCUT2D eigenvalue weighted by Crippen LogP contribution is 2.10. The Morgan fingerprint density at radius 1 is 1.29 bits per heavy atom. The third kappa shape index (κ3) is 3.53. The van der Waals surface area contributed by atoms with Crippen molar-refractivity contribution < 1.29 is 0 Å². The standard InChI is InChI=1S/C12H12ClN7S/c1-8-16-9(7-21-8)3-5-14-11-17-10(13)18-12(19-11)20-6-2-4-15-20/h2,4,6-7H,3,5H2,1H3,(H,14,17,18,19). The fourth-order valence-corrected chi connectivity index (χ4v) is 2.54. The van der Waals surface area contributed by atoms with E-state index in [1.165, 1.54) is 4.68 Å². The molecule has 3 rings (SSSR count). The van der Waals surface area contributed by atoms with E-state index in [2.05, 4.69) is 30.4 Å². The van der Waals surface area contributed by atoms with Gasteiger partial charge in [0.1, 0.15) is 0 Å². The van der Waals surface area contributed by atoms with Crippen molar-refractivity contribution in [3.05, 3.63) is 39.8 Å². The van der Waals surface area contributed by atoms with Crippen molar-refractivity contribution >= 4 is 28.9 Å². The van der Waals surface area contributed by atoms with E-state index in [1.807, 2.05) is 12.3 Å². The molecule has 0 saturated carbocycles. The highest BCUT2D eigenvalue weighted by atomic mass is 35.5. The van der Waals surface area contributed by atoms with Crippen LogP contribution in [0.1, 0.15) is 10.7 Å². The molecule has 3 aromatic heterocycles. The van der Waals surface area contributed by atoms with Crippen LogP contribution in [-0.4, -0.2) is 36.3 Å². The van der Waals surface area contributed by atoms with Gasteiger partial charge in [-0.2, -0.15) is 20.1 Å². The number of halogens is 1. The number of rotatable bonds is 5. The molecule has 0 aliphatic heterocycles. The lowest BCUT2D eigenvalue weighted by atomic mass is 10.3. The predicted octanol–water partition coefficient (Wildman–Crippen LogP) is 2.13. The first-order valence-electron chi connectivity index (χ1n) is 6.27. The SMILES string of the molecule is Cc1nc(CCNc2nc(Cl)nc(-n3cccn3)n2)cs1. The molecule has 0 fully saturated rings. The van der Waals surface area contributed by atoms with Crippen LogP contribution in [0.15, 0.2) is 23.8 Å². The Balaban J connectivity index is 1.68. The minimum absolute atomic E-state index is 0.127. The van der Waals surface area contributed by atoms with Gasteiger partial charge in [-0.15, -0.1) is 11.3 Å². The summed E-state index contributed by atoms with van der Waals surface area (Å²) in [5, 5.41) is 10.4. The molecule has 1 N–H and O–H groups in total. The first kappa shape index (κ1) is 13.9. The molecule has 108 valence electrons. The highest BCUT2D eigenvalue weighted by molar-refractivity contribution is 7.09. The number of nitrogens with zero attached hydrogens (tertiary/aromatic N) is 6. The Morgan fingerprint density at radius 2 is 2.19 bits per heavy atom. The molecule has 3 heterocycles. The van der Waals surface area contributed by atoms with Gasteiger partial charge in [-0.3, -0.25) is 0 Å². The van der Waals surface area contributed by atoms with Gasteiger partial charge in [0.15, 0.2) is 0 Å². The maximum atomic E-state index is 5.91. The Morgan fingerprint density at radius 3 is 2.90 bits per heavy atom. The fraction of sp³-hybridized carbons (Fsp3) is 0.250. The first-order chi connectivity index (χ1) is 10.2. The third-order valence-electron chi connectivity index (χ3n) is 2.64. The molecule has 7 nitrogen and oxygen atoms in total. The smallest absolute Gasteiger partial charge is 0.256 e. The normalized spacial score (nSPS) is 10.8. The highest BCUT2D eigenvalue weighted by Gasteiger charge is 2.07. The van der Waals surface area contributed by atoms with Gasteiger partial charge in [-0.25, -0.2) is 9.67 Å². The zero-order valence-corrected chi connectivity index (χ0v) is 12.8. The van der Waals surface area contributed by atoms with Gasteiger partial charge in [0, 0.05) is 30.7 Å². The summed E-state index contributed by atoms with van der Waals surface area (Å²) in [6.45, 7) is 2.66. The molecule has 9 heteroatoms. The number of hydrogen-bond acceptors (Lipinski definition) is 7. The Kier molecular flexibility index (Phi) is 4.07. The van der Waals surface area contributed by atoms with E-state index in [0.29, 0.717) is 18.4 Å². The average molecular weight is 322 g/mol. The van der Waals surface area contributed by atoms with Crippen LogP contribution in [0.25, 0.3) is 5.95 Å². The Hall–Kier alpha value is -2.06. The molecule has 0 unspecified atom stereocenters. The van der Waals surface area contributed by atoms with Gasteiger partial charge in [0.25, 0.3) is 5.95 Å². The van der Waals surface area contributed by atoms with E-state index in [0.717, 1.165) is 17.1 Å². The molecule has 0 aromatic carbocycles. The number of anilines is 1. The molecule has 0 saturated heterocycles. The largest absolute Gasteiger partial charge is 0.354 e. The van der Waals surface area contributed by atoms with Crippen LogP contribution in [0.2, 0.25) is 5.28 Å². The van der Waals surface area contributed by atoms with E-state index in [1.54, 1.807) is 29.8 Å². The lowest BCUT2D eigenvalue weighted by molar-refractivity contribution is 0.793. The first-order valence-corrected chi connectivity index (χ1v) is 7.53. The summed E-state index contributed by atoms with van der Waals surface area (Å²) in [5.74, 6) is 0.805. The van der Waals surface area contributed by atoms with Crippen molar-refractivity contribution in [1.29, 1.82) is 0 Å². The second-order valence-electron chi connectivity index (χ2n) is 4.21. The molecule has 0 bridgehead atoms. The number of hydrogen-bond donors (Lipinski definition) is 1. The van der Waals surface area contributed by atoms with Gasteiger partial charge >= 0.3 is 0 Å². The molecule has 21 heavy (non-hydrogen) atoms. The fourth-order valence-electron chi connectivity index (χ4n) is 1.73. The monoisotopic (exact) mass is 321 g/mol. The summed E-state index contributed by atoms with van der Waals surface area (Å²) in [4.78, 5) is 16.8. The summed E-state index contributed by atoms with van der Waals surface area (Å²) in [7, 11) is 0. The van der Waals surface area contributed by atoms with Crippen molar-refractivity contribution in [2.75, 3.05) is 11.9 Å². The van der Waals surface area contributed by atoms with Crippen LogP contribution in [0, 0.1) is 6.92 Å². The molecular formula is C12H12ClN7S. The summed E-state index contributed by atoms with van der Waals surface area (Å²) in [6.07, 6.45) is 4.19. The zero-order chi connectivity index (χ0) is 14.7. The van der Waals surface area contributed by atoms with Crippen LogP contribution in [0.5, 0.6) is 0 Å². The summed E-state index contributed by atoms with van der Waals surface area (Å²) in [6, 6.07) is 1.79. The van der Waals surface area contributed by atoms with E-state index in [9.17, 15) is 0 Å². The molecule has 3 aromatic rings. The van der Waals surface area contributed by atoms with Crippen molar-refractivity contribution in [2.24, 2.45) is 0 Å². The van der Waals surface area contributed by atoms with Crippen LogP contribution in [0.4, 0.5) is 5.95 Å². The number of thiazole rings is 1. The summed E-state index contributed by atoms with van der Waals surface area (Å²) < 4.78 is 1.53. The van der Waals surface area contributed by atoms with Crippen LogP contribution in [-0.2, 0) is 6.42 Å². The second-order valence-corrected chi connectivity index (χ2v) is 5.61. The van der Waals surface area contributed by atoms with Crippen LogP contribution in [0.3, 0.4) is 0 Å². The van der Waals surface area contributed by atoms with Gasteiger partial charge in [0.2, 0.25) is 11.2 Å². The van der Waals surface area contributed by atoms with Gasteiger partial charge < -0.3 is 5.32 Å². The minimum Gasteiger partial charge on any atom is -0.354 e. The second kappa shape index (κ2) is 6.15. The molecule has 0 amide bonds. The maximum absolute atomic E-state index is 5.91. The molecular weight excluding hydrogens is 310 g/mol. The van der Waals surface area contributed by atoms with Crippen LogP contribution >= 0.6 is 22.9 Å². The third-order valence-corrected chi connectivity index (χ3v) is 3.63. The average Bonchev–Trinajstić information content (AvgIpc) is 3.10. The Labute approximate surface area is 130 Å². The van der Waals surface area contributed by atoms with Crippen molar-refractivity contribution in [3.8, 4) is 5.95 Å². The van der Waals surface area contributed by atoms with Gasteiger partial charge in [-0.05, 0) is 24.6 Å². The number of aryl methyl sites for hydroxylation is 1. The summed E-state index contributed by atoms with van der Waals surface area (Å²) >= 11 is 7.55. The topological polar surface area (TPSA) is 81.4 Å². The quantitative estimate of drug-likeness (QED) is 0.775. The molecule has 0 radical (unpaired) electrons. The zero-order valence-electron chi connectivity index (χ0n) is 11.2. The number of nitrogens with one attached hydrogen (secondary N) is 1. The van der Waals surface area contributed by atoms with E-state index in [-0.39, 0.29) is 5.28 Å². The van der Waals surface area contributed by atoms with Gasteiger partial charge in [-0.1, -0.05) is 0 Å². The Bertz CT molecular complexity index is 725. The molecule has 0 spiro atoms. The summed E-state index contributed by atoms with van der Waals surface area (Å²) in [5.41, 5.74) is 1.05. The van der Waals surface area contributed by atoms with E-state index in [4.69, 9.17) is 11.6 Å². The minimum atomic E-state index is 0.127. The number of aromatic nitrogens is 6. The van der Waals surface area contributed by atoms with Crippen LogP contribution < -0.4 is 5.32 Å². The molecule has 0 aliphatic carbocycles. The maximum Gasteiger partial charge on any atom is 0.256 e.